The molecule has 0 spiro atoms. The Hall–Kier alpha value is -1.91. The number of benzene rings is 2. The molecule has 21 heavy (non-hydrogen) atoms. The molecular formula is C16H17ClN2O2. The van der Waals surface area contributed by atoms with Gasteiger partial charge < -0.3 is 5.32 Å². The number of nitro benzene ring substituents is 1. The van der Waals surface area contributed by atoms with Gasteiger partial charge in [-0.1, -0.05) is 35.9 Å². The molecule has 0 aliphatic heterocycles. The molecule has 2 rings (SSSR count). The first-order valence-electron chi connectivity index (χ1n) is 6.70. The number of hydrogen-bond acceptors (Lipinski definition) is 3. The number of rotatable bonds is 5. The zero-order chi connectivity index (χ0) is 15.4. The van der Waals surface area contributed by atoms with Crippen LogP contribution in [-0.4, -0.2) is 4.92 Å². The molecule has 0 saturated carbocycles. The summed E-state index contributed by atoms with van der Waals surface area (Å²) in [5, 5.41) is 15.0. The lowest BCUT2D eigenvalue weighted by atomic mass is 10.1. The molecule has 2 aromatic carbocycles. The lowest BCUT2D eigenvalue weighted by Crippen LogP contribution is -2.18. The second kappa shape index (κ2) is 6.70. The molecule has 2 aromatic rings. The van der Waals surface area contributed by atoms with Gasteiger partial charge >= 0.3 is 0 Å². The molecule has 0 unspecified atom stereocenters. The lowest BCUT2D eigenvalue weighted by Gasteiger charge is -2.14. The van der Waals surface area contributed by atoms with Gasteiger partial charge in [0.2, 0.25) is 0 Å². The maximum atomic E-state index is 10.9. The quantitative estimate of drug-likeness (QED) is 0.657. The Bertz CT molecular complexity index is 658. The number of aryl methyl sites for hydroxylation is 1. The molecule has 0 saturated heterocycles. The Morgan fingerprint density at radius 3 is 2.71 bits per heavy atom. The van der Waals surface area contributed by atoms with E-state index < -0.39 is 0 Å². The highest BCUT2D eigenvalue weighted by Gasteiger charge is 2.11. The Balaban J connectivity index is 2.06. The van der Waals surface area contributed by atoms with Crippen LogP contribution in [-0.2, 0) is 6.54 Å². The highest BCUT2D eigenvalue weighted by atomic mass is 35.5. The average Bonchev–Trinajstić information content (AvgIpc) is 2.45. The molecule has 0 radical (unpaired) electrons. The zero-order valence-electron chi connectivity index (χ0n) is 12.0. The molecule has 0 bridgehead atoms. The van der Waals surface area contributed by atoms with E-state index in [0.717, 1.165) is 11.1 Å². The van der Waals surface area contributed by atoms with E-state index in [2.05, 4.69) is 5.32 Å². The molecule has 0 amide bonds. The fraction of sp³-hybridized carbons (Fsp3) is 0.250. The highest BCUT2D eigenvalue weighted by Crippen LogP contribution is 2.21. The first-order valence-corrected chi connectivity index (χ1v) is 7.08. The summed E-state index contributed by atoms with van der Waals surface area (Å²) in [7, 11) is 0. The van der Waals surface area contributed by atoms with Crippen molar-refractivity contribution in [1.82, 2.24) is 5.32 Å². The lowest BCUT2D eigenvalue weighted by molar-refractivity contribution is -0.385. The van der Waals surface area contributed by atoms with Crippen LogP contribution in [0.5, 0.6) is 0 Å². The third-order valence-electron chi connectivity index (χ3n) is 3.43. The smallest absolute Gasteiger partial charge is 0.272 e. The van der Waals surface area contributed by atoms with Gasteiger partial charge in [-0.25, -0.2) is 0 Å². The van der Waals surface area contributed by atoms with Gasteiger partial charge in [-0.2, -0.15) is 0 Å². The fourth-order valence-corrected chi connectivity index (χ4v) is 2.33. The fourth-order valence-electron chi connectivity index (χ4n) is 2.13. The molecule has 1 N–H and O–H groups in total. The first-order chi connectivity index (χ1) is 9.97. The minimum absolute atomic E-state index is 0.115. The second-order valence-corrected chi connectivity index (χ2v) is 5.47. The van der Waals surface area contributed by atoms with Crippen LogP contribution in [0.4, 0.5) is 5.69 Å². The third-order valence-corrected chi connectivity index (χ3v) is 3.67. The SMILES string of the molecule is Cc1ccc(CN[C@H](C)c2cccc(Cl)c2)cc1[N+](=O)[O-]. The van der Waals surface area contributed by atoms with E-state index >= 15 is 0 Å². The van der Waals surface area contributed by atoms with Gasteiger partial charge in [0.15, 0.2) is 0 Å². The Morgan fingerprint density at radius 2 is 2.05 bits per heavy atom. The molecule has 4 nitrogen and oxygen atoms in total. The molecule has 110 valence electrons. The number of halogens is 1. The van der Waals surface area contributed by atoms with Crippen LogP contribution in [0.25, 0.3) is 0 Å². The van der Waals surface area contributed by atoms with Crippen LogP contribution < -0.4 is 5.32 Å². The molecule has 0 fully saturated rings. The number of nitro groups is 1. The molecular weight excluding hydrogens is 288 g/mol. The van der Waals surface area contributed by atoms with Crippen LogP contribution in [0.15, 0.2) is 42.5 Å². The summed E-state index contributed by atoms with van der Waals surface area (Å²) in [5.41, 5.74) is 2.81. The van der Waals surface area contributed by atoms with E-state index in [-0.39, 0.29) is 16.7 Å². The Labute approximate surface area is 128 Å². The van der Waals surface area contributed by atoms with Crippen molar-refractivity contribution >= 4 is 17.3 Å². The normalized spacial score (nSPS) is 12.1. The van der Waals surface area contributed by atoms with E-state index in [1.54, 1.807) is 19.1 Å². The summed E-state index contributed by atoms with van der Waals surface area (Å²) in [6.45, 7) is 4.34. The van der Waals surface area contributed by atoms with Crippen LogP contribution in [0, 0.1) is 17.0 Å². The third kappa shape index (κ3) is 4.03. The first kappa shape index (κ1) is 15.5. The Morgan fingerprint density at radius 1 is 1.29 bits per heavy atom. The van der Waals surface area contributed by atoms with Crippen LogP contribution in [0.3, 0.4) is 0 Å². The van der Waals surface area contributed by atoms with E-state index in [4.69, 9.17) is 11.6 Å². The van der Waals surface area contributed by atoms with Gasteiger partial charge in [-0.05, 0) is 37.1 Å². The topological polar surface area (TPSA) is 55.2 Å². The van der Waals surface area contributed by atoms with Crippen molar-refractivity contribution in [2.24, 2.45) is 0 Å². The van der Waals surface area contributed by atoms with Crippen molar-refractivity contribution in [2.45, 2.75) is 26.4 Å². The minimum Gasteiger partial charge on any atom is -0.306 e. The van der Waals surface area contributed by atoms with Gasteiger partial charge in [-0.3, -0.25) is 10.1 Å². The maximum Gasteiger partial charge on any atom is 0.272 e. The monoisotopic (exact) mass is 304 g/mol. The van der Waals surface area contributed by atoms with E-state index in [0.29, 0.717) is 17.1 Å². The van der Waals surface area contributed by atoms with Gasteiger partial charge in [0.1, 0.15) is 0 Å². The van der Waals surface area contributed by atoms with E-state index in [1.165, 1.54) is 0 Å². The average molecular weight is 305 g/mol. The summed E-state index contributed by atoms with van der Waals surface area (Å²) < 4.78 is 0. The highest BCUT2D eigenvalue weighted by molar-refractivity contribution is 6.30. The van der Waals surface area contributed by atoms with E-state index in [9.17, 15) is 10.1 Å². The van der Waals surface area contributed by atoms with Crippen molar-refractivity contribution in [2.75, 3.05) is 0 Å². The molecule has 0 aliphatic carbocycles. The van der Waals surface area contributed by atoms with Gasteiger partial charge in [0, 0.05) is 29.2 Å². The largest absolute Gasteiger partial charge is 0.306 e. The molecule has 0 heterocycles. The Kier molecular flexibility index (Phi) is 4.94. The molecule has 0 aliphatic rings. The van der Waals surface area contributed by atoms with Gasteiger partial charge in [0.25, 0.3) is 5.69 Å². The standard InChI is InChI=1S/C16H17ClN2O2/c1-11-6-7-13(8-16(11)19(20)21)10-18-12(2)14-4-3-5-15(17)9-14/h3-9,12,18H,10H2,1-2H3/t12-/m1/s1. The summed E-state index contributed by atoms with van der Waals surface area (Å²) in [6.07, 6.45) is 0. The molecule has 0 aromatic heterocycles. The zero-order valence-corrected chi connectivity index (χ0v) is 12.7. The second-order valence-electron chi connectivity index (χ2n) is 5.04. The van der Waals surface area contributed by atoms with Crippen LogP contribution in [0.2, 0.25) is 5.02 Å². The summed E-state index contributed by atoms with van der Waals surface area (Å²) in [5.74, 6) is 0. The van der Waals surface area contributed by atoms with E-state index in [1.807, 2.05) is 37.3 Å². The maximum absolute atomic E-state index is 10.9. The van der Waals surface area contributed by atoms with Crippen LogP contribution in [0.1, 0.15) is 29.7 Å². The van der Waals surface area contributed by atoms with Gasteiger partial charge in [0.05, 0.1) is 4.92 Å². The minimum atomic E-state index is -0.348. The number of nitrogens with one attached hydrogen (secondary N) is 1. The number of nitrogens with zero attached hydrogens (tertiary/aromatic N) is 1. The van der Waals surface area contributed by atoms with Crippen molar-refractivity contribution in [3.05, 3.63) is 74.3 Å². The van der Waals surface area contributed by atoms with Gasteiger partial charge in [-0.15, -0.1) is 0 Å². The predicted molar refractivity (Wildman–Crippen MR) is 84.5 cm³/mol. The van der Waals surface area contributed by atoms with Crippen molar-refractivity contribution < 1.29 is 4.92 Å². The van der Waals surface area contributed by atoms with Crippen molar-refractivity contribution in [3.63, 3.8) is 0 Å². The number of hydrogen-bond donors (Lipinski definition) is 1. The summed E-state index contributed by atoms with van der Waals surface area (Å²) in [4.78, 5) is 10.6. The van der Waals surface area contributed by atoms with Crippen molar-refractivity contribution in [3.8, 4) is 0 Å². The molecule has 1 atom stereocenters. The van der Waals surface area contributed by atoms with Crippen LogP contribution >= 0.6 is 11.6 Å². The summed E-state index contributed by atoms with van der Waals surface area (Å²) >= 11 is 5.98. The molecule has 5 heteroatoms. The predicted octanol–water partition coefficient (Wildman–Crippen LogP) is 4.41. The van der Waals surface area contributed by atoms with Crippen molar-refractivity contribution in [1.29, 1.82) is 0 Å². The summed E-state index contributed by atoms with van der Waals surface area (Å²) in [6, 6.07) is 13.1.